The van der Waals surface area contributed by atoms with Crippen molar-refractivity contribution in [1.29, 1.82) is 0 Å². The van der Waals surface area contributed by atoms with Crippen LogP contribution in [0.2, 0.25) is 0 Å². The van der Waals surface area contributed by atoms with Crippen LogP contribution in [0.25, 0.3) is 4.96 Å². The van der Waals surface area contributed by atoms with Gasteiger partial charge in [-0.15, -0.1) is 35.5 Å². The lowest BCUT2D eigenvalue weighted by atomic mass is 9.95. The maximum atomic E-state index is 12.0. The molecule has 0 spiro atoms. The summed E-state index contributed by atoms with van der Waals surface area (Å²) >= 11 is 2.93. The number of nitrogens with one attached hydrogen (secondary N) is 2. The summed E-state index contributed by atoms with van der Waals surface area (Å²) in [4.78, 5) is 29.1. The minimum atomic E-state index is -0.0696. The number of piperidine rings is 1. The number of carbonyl (C=O) groups is 1. The molecule has 1 aliphatic rings. The third-order valence-corrected chi connectivity index (χ3v) is 5.69. The van der Waals surface area contributed by atoms with Gasteiger partial charge in [-0.2, -0.15) is 0 Å². The summed E-state index contributed by atoms with van der Waals surface area (Å²) in [5.41, 5.74) is 0.658. The van der Waals surface area contributed by atoms with E-state index >= 15 is 0 Å². The van der Waals surface area contributed by atoms with Crippen molar-refractivity contribution in [3.05, 3.63) is 33.7 Å². The van der Waals surface area contributed by atoms with E-state index < -0.39 is 0 Å². The van der Waals surface area contributed by atoms with E-state index in [1.807, 2.05) is 5.38 Å². The zero-order valence-electron chi connectivity index (χ0n) is 13.4. The Balaban J connectivity index is 0.00000208. The van der Waals surface area contributed by atoms with Crippen molar-refractivity contribution in [2.45, 2.75) is 25.1 Å². The van der Waals surface area contributed by atoms with Gasteiger partial charge in [0.15, 0.2) is 4.96 Å². The summed E-state index contributed by atoms with van der Waals surface area (Å²) in [6.07, 6.45) is 2.70. The van der Waals surface area contributed by atoms with Gasteiger partial charge in [-0.3, -0.25) is 14.0 Å². The molecule has 9 heteroatoms. The summed E-state index contributed by atoms with van der Waals surface area (Å²) < 4.78 is 1.53. The first-order valence-electron chi connectivity index (χ1n) is 7.67. The van der Waals surface area contributed by atoms with E-state index in [0.717, 1.165) is 25.2 Å². The van der Waals surface area contributed by atoms with Gasteiger partial charge >= 0.3 is 0 Å². The number of hydrogen-bond acceptors (Lipinski definition) is 6. The topological polar surface area (TPSA) is 75.5 Å². The van der Waals surface area contributed by atoms with Gasteiger partial charge in [-0.05, 0) is 25.4 Å². The van der Waals surface area contributed by atoms with Crippen LogP contribution in [-0.2, 0) is 10.5 Å². The fourth-order valence-electron chi connectivity index (χ4n) is 2.69. The number of thioether (sulfide) groups is 1. The number of amides is 1. The number of hydrogen-bond donors (Lipinski definition) is 2. The highest BCUT2D eigenvalue weighted by atomic mass is 35.5. The smallest absolute Gasteiger partial charge is 0.258 e. The Labute approximate surface area is 154 Å². The molecule has 2 aromatic rings. The molecule has 2 unspecified atom stereocenters. The molecule has 3 rings (SSSR count). The lowest BCUT2D eigenvalue weighted by molar-refractivity contribution is -0.119. The molecule has 0 saturated carbocycles. The molecule has 0 aromatic carbocycles. The highest BCUT2D eigenvalue weighted by Gasteiger charge is 2.22. The number of thiazole rings is 1. The van der Waals surface area contributed by atoms with Crippen LogP contribution >= 0.6 is 35.5 Å². The third kappa shape index (κ3) is 4.72. The summed E-state index contributed by atoms with van der Waals surface area (Å²) in [7, 11) is 0. The predicted octanol–water partition coefficient (Wildman–Crippen LogP) is 1.53. The zero-order chi connectivity index (χ0) is 16.2. The minimum absolute atomic E-state index is 0. The van der Waals surface area contributed by atoms with Gasteiger partial charge in [0, 0.05) is 29.4 Å². The van der Waals surface area contributed by atoms with Crippen molar-refractivity contribution < 1.29 is 4.79 Å². The van der Waals surface area contributed by atoms with Crippen LogP contribution in [0.15, 0.2) is 22.4 Å². The lowest BCUT2D eigenvalue weighted by Gasteiger charge is -2.30. The molecule has 2 atom stereocenters. The molecule has 0 bridgehead atoms. The molecule has 2 N–H and O–H groups in total. The fraction of sp³-hybridized carbons (Fsp3) is 0.533. The minimum Gasteiger partial charge on any atom is -0.352 e. The summed E-state index contributed by atoms with van der Waals surface area (Å²) in [5, 5.41) is 8.27. The van der Waals surface area contributed by atoms with Gasteiger partial charge in [-0.1, -0.05) is 6.92 Å². The van der Waals surface area contributed by atoms with E-state index in [2.05, 4.69) is 22.5 Å². The molecule has 1 amide bonds. The average molecular weight is 389 g/mol. The van der Waals surface area contributed by atoms with Crippen molar-refractivity contribution in [3.8, 4) is 0 Å². The fourth-order valence-corrected chi connectivity index (χ4v) is 4.15. The Bertz CT molecular complexity index is 748. The van der Waals surface area contributed by atoms with Crippen molar-refractivity contribution in [1.82, 2.24) is 20.0 Å². The van der Waals surface area contributed by atoms with Gasteiger partial charge < -0.3 is 10.6 Å². The van der Waals surface area contributed by atoms with E-state index in [1.165, 1.54) is 27.5 Å². The monoisotopic (exact) mass is 388 g/mol. The Morgan fingerprint density at radius 3 is 3.21 bits per heavy atom. The maximum Gasteiger partial charge on any atom is 0.258 e. The number of carbonyl (C=O) groups excluding carboxylic acids is 1. The molecule has 1 saturated heterocycles. The van der Waals surface area contributed by atoms with E-state index in [-0.39, 0.29) is 29.9 Å². The van der Waals surface area contributed by atoms with E-state index in [9.17, 15) is 9.59 Å². The van der Waals surface area contributed by atoms with E-state index in [0.29, 0.717) is 22.4 Å². The first-order valence-corrected chi connectivity index (χ1v) is 9.70. The normalized spacial score (nSPS) is 20.5. The van der Waals surface area contributed by atoms with Crippen LogP contribution in [0.5, 0.6) is 0 Å². The SMILES string of the molecule is CC1CNCCC1NC(=O)CSCc1cc(=O)n2ccsc2n1.Cl. The van der Waals surface area contributed by atoms with Crippen molar-refractivity contribution in [3.63, 3.8) is 0 Å². The highest BCUT2D eigenvalue weighted by molar-refractivity contribution is 7.99. The van der Waals surface area contributed by atoms with Gasteiger partial charge in [0.2, 0.25) is 5.91 Å². The van der Waals surface area contributed by atoms with E-state index in [4.69, 9.17) is 0 Å². The van der Waals surface area contributed by atoms with Gasteiger partial charge in [0.05, 0.1) is 11.4 Å². The maximum absolute atomic E-state index is 12.0. The van der Waals surface area contributed by atoms with E-state index in [1.54, 1.807) is 12.3 Å². The highest BCUT2D eigenvalue weighted by Crippen LogP contribution is 2.14. The van der Waals surface area contributed by atoms with Gasteiger partial charge in [-0.25, -0.2) is 4.98 Å². The van der Waals surface area contributed by atoms with Crippen molar-refractivity contribution >= 4 is 46.4 Å². The molecule has 6 nitrogen and oxygen atoms in total. The second kappa shape index (κ2) is 8.84. The lowest BCUT2D eigenvalue weighted by Crippen LogP contribution is -2.48. The Morgan fingerprint density at radius 2 is 2.42 bits per heavy atom. The molecule has 1 fully saturated rings. The summed E-state index contributed by atoms with van der Waals surface area (Å²) in [5.74, 6) is 1.48. The Morgan fingerprint density at radius 1 is 1.58 bits per heavy atom. The standard InChI is InChI=1S/C15H20N4O2S2.ClH/c1-10-7-16-3-2-12(10)18-13(20)9-22-8-11-6-14(21)19-4-5-23-15(19)17-11;/h4-6,10,12,16H,2-3,7-9H2,1H3,(H,18,20);1H. The number of halogens is 1. The quantitative estimate of drug-likeness (QED) is 0.812. The van der Waals surface area contributed by atoms with Crippen LogP contribution in [0.4, 0.5) is 0 Å². The third-order valence-electron chi connectivity index (χ3n) is 3.97. The average Bonchev–Trinajstić information content (AvgIpc) is 2.99. The molecule has 1 aliphatic heterocycles. The summed E-state index contributed by atoms with van der Waals surface area (Å²) in [6.45, 7) is 4.06. The summed E-state index contributed by atoms with van der Waals surface area (Å²) in [6, 6.07) is 1.80. The molecular weight excluding hydrogens is 368 g/mol. The second-order valence-electron chi connectivity index (χ2n) is 5.78. The number of fused-ring (bicyclic) bond motifs is 1. The van der Waals surface area contributed by atoms with Crippen LogP contribution < -0.4 is 16.2 Å². The van der Waals surface area contributed by atoms with Crippen LogP contribution in [-0.4, -0.2) is 40.2 Å². The molecule has 24 heavy (non-hydrogen) atoms. The van der Waals surface area contributed by atoms with Crippen LogP contribution in [0, 0.1) is 5.92 Å². The zero-order valence-corrected chi connectivity index (χ0v) is 15.8. The van der Waals surface area contributed by atoms with Gasteiger partial charge in [0.25, 0.3) is 5.56 Å². The van der Waals surface area contributed by atoms with Crippen molar-refractivity contribution in [2.24, 2.45) is 5.92 Å². The second-order valence-corrected chi connectivity index (χ2v) is 7.64. The molecule has 0 radical (unpaired) electrons. The number of nitrogens with zero attached hydrogens (tertiary/aromatic N) is 2. The largest absolute Gasteiger partial charge is 0.352 e. The van der Waals surface area contributed by atoms with Crippen molar-refractivity contribution in [2.75, 3.05) is 18.8 Å². The number of aromatic nitrogens is 2. The Hall–Kier alpha value is -1.09. The first-order chi connectivity index (χ1) is 11.1. The van der Waals surface area contributed by atoms with Gasteiger partial charge in [0.1, 0.15) is 0 Å². The Kier molecular flexibility index (Phi) is 7.09. The predicted molar refractivity (Wildman–Crippen MR) is 101 cm³/mol. The molecule has 0 aliphatic carbocycles. The molecule has 2 aromatic heterocycles. The van der Waals surface area contributed by atoms with Crippen LogP contribution in [0.3, 0.4) is 0 Å². The molecule has 132 valence electrons. The molecular formula is C15H21ClN4O2S2. The number of rotatable bonds is 5. The van der Waals surface area contributed by atoms with Crippen LogP contribution in [0.1, 0.15) is 19.0 Å². The molecule has 3 heterocycles. The first kappa shape index (κ1) is 19.2.